The normalized spacial score (nSPS) is 12.2. The number of nitrogens with zero attached hydrogens (tertiary/aromatic N) is 2. The Bertz CT molecular complexity index is 428. The summed E-state index contributed by atoms with van der Waals surface area (Å²) in [4.78, 5) is 17.2. The summed E-state index contributed by atoms with van der Waals surface area (Å²) in [6, 6.07) is 1.89. The van der Waals surface area contributed by atoms with Crippen LogP contribution in [0.5, 0.6) is 0 Å². The largest absolute Gasteiger partial charge is 0.366 e. The van der Waals surface area contributed by atoms with E-state index < -0.39 is 5.91 Å². The molecule has 6 heteroatoms. The summed E-state index contributed by atoms with van der Waals surface area (Å²) >= 11 is 7.94. The third-order valence-electron chi connectivity index (χ3n) is 2.84. The number of pyridine rings is 1. The minimum atomic E-state index is -0.519. The molecular formula is C12H18ClN3OS. The second kappa shape index (κ2) is 6.85. The summed E-state index contributed by atoms with van der Waals surface area (Å²) in [5.41, 5.74) is 5.51. The van der Waals surface area contributed by atoms with E-state index in [0.29, 0.717) is 22.4 Å². The molecule has 0 unspecified atom stereocenters. The number of rotatable bonds is 6. The number of anilines is 1. The van der Waals surface area contributed by atoms with Crippen molar-refractivity contribution in [2.45, 2.75) is 19.4 Å². The van der Waals surface area contributed by atoms with Crippen molar-refractivity contribution in [3.63, 3.8) is 0 Å². The van der Waals surface area contributed by atoms with Gasteiger partial charge in [0, 0.05) is 19.3 Å². The van der Waals surface area contributed by atoms with E-state index >= 15 is 0 Å². The number of hydrogen-bond acceptors (Lipinski definition) is 4. The Morgan fingerprint density at radius 2 is 2.33 bits per heavy atom. The zero-order valence-corrected chi connectivity index (χ0v) is 12.4. The number of halogens is 1. The molecule has 1 atom stereocenters. The monoisotopic (exact) mass is 287 g/mol. The van der Waals surface area contributed by atoms with E-state index in [-0.39, 0.29) is 0 Å². The zero-order chi connectivity index (χ0) is 13.7. The van der Waals surface area contributed by atoms with Gasteiger partial charge in [0.2, 0.25) is 5.91 Å². The van der Waals surface area contributed by atoms with Crippen LogP contribution < -0.4 is 10.6 Å². The van der Waals surface area contributed by atoms with Crippen molar-refractivity contribution in [2.75, 3.05) is 24.0 Å². The predicted octanol–water partition coefficient (Wildman–Crippen LogP) is 2.41. The number of aromatic nitrogens is 1. The maximum Gasteiger partial charge on any atom is 0.250 e. The molecule has 0 aliphatic carbocycles. The summed E-state index contributed by atoms with van der Waals surface area (Å²) < 4.78 is 0. The molecule has 1 amide bonds. The molecule has 1 aromatic rings. The van der Waals surface area contributed by atoms with Crippen molar-refractivity contribution in [3.8, 4) is 0 Å². The van der Waals surface area contributed by atoms with Crippen LogP contribution in [-0.2, 0) is 0 Å². The van der Waals surface area contributed by atoms with E-state index in [1.807, 2.05) is 23.7 Å². The van der Waals surface area contributed by atoms with Gasteiger partial charge in [-0.15, -0.1) is 0 Å². The first-order chi connectivity index (χ1) is 8.47. The van der Waals surface area contributed by atoms with Crippen LogP contribution >= 0.6 is 23.4 Å². The first kappa shape index (κ1) is 15.1. The van der Waals surface area contributed by atoms with Gasteiger partial charge in [0.25, 0.3) is 0 Å². The smallest absolute Gasteiger partial charge is 0.250 e. The Balaban J connectivity index is 2.86. The number of hydrogen-bond donors (Lipinski definition) is 1. The highest BCUT2D eigenvalue weighted by atomic mass is 35.5. The lowest BCUT2D eigenvalue weighted by Gasteiger charge is -2.26. The number of primary amides is 1. The highest BCUT2D eigenvalue weighted by Gasteiger charge is 2.15. The standard InChI is InChI=1S/C12H18ClN3OS/c1-8(4-5-18-3)16(2)12-10(13)6-9(7-15-12)11(14)17/h6-8H,4-5H2,1-3H3,(H2,14,17)/t8-/m1/s1. The zero-order valence-electron chi connectivity index (χ0n) is 10.8. The van der Waals surface area contributed by atoms with Gasteiger partial charge >= 0.3 is 0 Å². The van der Waals surface area contributed by atoms with Crippen LogP contribution in [-0.4, -0.2) is 36.0 Å². The van der Waals surface area contributed by atoms with Crippen molar-refractivity contribution in [1.82, 2.24) is 4.98 Å². The van der Waals surface area contributed by atoms with Gasteiger partial charge < -0.3 is 10.6 Å². The topological polar surface area (TPSA) is 59.2 Å². The van der Waals surface area contributed by atoms with Crippen LogP contribution in [0.3, 0.4) is 0 Å². The van der Waals surface area contributed by atoms with Crippen LogP contribution in [0.1, 0.15) is 23.7 Å². The molecule has 0 aliphatic rings. The SMILES string of the molecule is CSCC[C@@H](C)N(C)c1ncc(C(N)=O)cc1Cl. The molecule has 18 heavy (non-hydrogen) atoms. The van der Waals surface area contributed by atoms with Crippen molar-refractivity contribution in [3.05, 3.63) is 22.8 Å². The minimum Gasteiger partial charge on any atom is -0.366 e. The molecule has 0 aliphatic heterocycles. The number of carbonyl (C=O) groups excluding carboxylic acids is 1. The van der Waals surface area contributed by atoms with Crippen LogP contribution in [0.15, 0.2) is 12.3 Å². The van der Waals surface area contributed by atoms with Gasteiger partial charge in [-0.05, 0) is 31.4 Å². The Morgan fingerprint density at radius 3 is 2.83 bits per heavy atom. The van der Waals surface area contributed by atoms with Gasteiger partial charge in [-0.3, -0.25) is 4.79 Å². The van der Waals surface area contributed by atoms with E-state index in [1.165, 1.54) is 6.20 Å². The highest BCUT2D eigenvalue weighted by Crippen LogP contribution is 2.25. The molecule has 4 nitrogen and oxygen atoms in total. The lowest BCUT2D eigenvalue weighted by Crippen LogP contribution is -2.30. The van der Waals surface area contributed by atoms with Crippen LogP contribution in [0.4, 0.5) is 5.82 Å². The fourth-order valence-corrected chi connectivity index (χ4v) is 2.39. The highest BCUT2D eigenvalue weighted by molar-refractivity contribution is 7.98. The van der Waals surface area contributed by atoms with E-state index in [9.17, 15) is 4.79 Å². The van der Waals surface area contributed by atoms with Crippen molar-refractivity contribution in [1.29, 1.82) is 0 Å². The molecule has 1 rings (SSSR count). The molecule has 0 spiro atoms. The van der Waals surface area contributed by atoms with Crippen molar-refractivity contribution in [2.24, 2.45) is 5.73 Å². The molecule has 100 valence electrons. The third-order valence-corrected chi connectivity index (χ3v) is 3.76. The Morgan fingerprint density at radius 1 is 1.67 bits per heavy atom. The number of thioether (sulfide) groups is 1. The Labute approximate surface area is 117 Å². The fraction of sp³-hybridized carbons (Fsp3) is 0.500. The van der Waals surface area contributed by atoms with Crippen LogP contribution in [0, 0.1) is 0 Å². The van der Waals surface area contributed by atoms with E-state index in [1.54, 1.807) is 6.07 Å². The van der Waals surface area contributed by atoms with Gasteiger partial charge in [0.05, 0.1) is 10.6 Å². The maximum absolute atomic E-state index is 11.0. The lowest BCUT2D eigenvalue weighted by molar-refractivity contribution is 0.1000. The summed E-state index contributed by atoms with van der Waals surface area (Å²) in [7, 11) is 1.95. The summed E-state index contributed by atoms with van der Waals surface area (Å²) in [6.45, 7) is 2.12. The molecule has 0 radical (unpaired) electrons. The second-order valence-electron chi connectivity index (χ2n) is 4.14. The maximum atomic E-state index is 11.0. The van der Waals surface area contributed by atoms with E-state index in [2.05, 4.69) is 18.2 Å². The average molecular weight is 288 g/mol. The molecule has 1 aromatic heterocycles. The van der Waals surface area contributed by atoms with Gasteiger partial charge in [0.15, 0.2) is 0 Å². The summed E-state index contributed by atoms with van der Waals surface area (Å²) in [5.74, 6) is 1.24. The molecule has 0 fully saturated rings. The van der Waals surface area contributed by atoms with Gasteiger partial charge in [-0.25, -0.2) is 4.98 Å². The molecule has 1 heterocycles. The third kappa shape index (κ3) is 3.78. The van der Waals surface area contributed by atoms with Gasteiger partial charge in [0.1, 0.15) is 5.82 Å². The van der Waals surface area contributed by atoms with Crippen molar-refractivity contribution < 1.29 is 4.79 Å². The Kier molecular flexibility index (Phi) is 5.75. The van der Waals surface area contributed by atoms with E-state index in [4.69, 9.17) is 17.3 Å². The number of nitrogens with two attached hydrogens (primary N) is 1. The minimum absolute atomic E-state index is 0.328. The first-order valence-electron chi connectivity index (χ1n) is 5.64. The summed E-state index contributed by atoms with van der Waals surface area (Å²) in [5, 5.41) is 0.449. The van der Waals surface area contributed by atoms with Crippen LogP contribution in [0.2, 0.25) is 5.02 Å². The first-order valence-corrected chi connectivity index (χ1v) is 7.41. The molecule has 0 bridgehead atoms. The van der Waals surface area contributed by atoms with Crippen molar-refractivity contribution >= 4 is 35.1 Å². The second-order valence-corrected chi connectivity index (χ2v) is 5.53. The van der Waals surface area contributed by atoms with E-state index in [0.717, 1.165) is 12.2 Å². The number of amides is 1. The van der Waals surface area contributed by atoms with Crippen LogP contribution in [0.25, 0.3) is 0 Å². The quantitative estimate of drug-likeness (QED) is 0.873. The molecular weight excluding hydrogens is 270 g/mol. The Hall–Kier alpha value is -0.940. The fourth-order valence-electron chi connectivity index (χ4n) is 1.52. The summed E-state index contributed by atoms with van der Waals surface area (Å²) in [6.07, 6.45) is 4.59. The average Bonchev–Trinajstić information content (AvgIpc) is 2.34. The van der Waals surface area contributed by atoms with Gasteiger partial charge in [-0.1, -0.05) is 11.6 Å². The van der Waals surface area contributed by atoms with Gasteiger partial charge in [-0.2, -0.15) is 11.8 Å². The lowest BCUT2D eigenvalue weighted by atomic mass is 10.2. The molecule has 0 saturated heterocycles. The predicted molar refractivity (Wildman–Crippen MR) is 78.6 cm³/mol. The molecule has 2 N–H and O–H groups in total. The number of carbonyl (C=O) groups is 1. The molecule has 0 aromatic carbocycles. The molecule has 0 saturated carbocycles.